The average molecular weight is 629 g/mol. The number of carbonyl (C=O) groups excluding carboxylic acids is 4. The minimum Gasteiger partial charge on any atom is -0.491 e. The Hall–Kier alpha value is -4.86. The Morgan fingerprint density at radius 3 is 2.50 bits per heavy atom. The molecular weight excluding hydrogens is 584 g/mol. The lowest BCUT2D eigenvalue weighted by Crippen LogP contribution is -2.54. The zero-order valence-corrected chi connectivity index (χ0v) is 27.0. The van der Waals surface area contributed by atoms with Gasteiger partial charge in [-0.3, -0.25) is 19.2 Å². The second kappa shape index (κ2) is 16.5. The van der Waals surface area contributed by atoms with Gasteiger partial charge in [-0.1, -0.05) is 68.4 Å². The first-order valence-electron chi connectivity index (χ1n) is 15.8. The molecule has 0 spiro atoms. The fraction of sp³-hybridized carbons (Fsp3) is 0.389. The lowest BCUT2D eigenvalue weighted by molar-refractivity contribution is -0.137. The largest absolute Gasteiger partial charge is 0.491 e. The highest BCUT2D eigenvalue weighted by Crippen LogP contribution is 2.27. The zero-order valence-electron chi connectivity index (χ0n) is 27.0. The summed E-state index contributed by atoms with van der Waals surface area (Å²) in [6.45, 7) is 9.16. The predicted molar refractivity (Wildman–Crippen MR) is 176 cm³/mol. The molecule has 4 rings (SSSR count). The lowest BCUT2D eigenvalue weighted by atomic mass is 10.0. The molecule has 0 unspecified atom stereocenters. The molecular formula is C36H44N4O6. The molecule has 10 nitrogen and oxygen atoms in total. The summed E-state index contributed by atoms with van der Waals surface area (Å²) < 4.78 is 12.0. The van der Waals surface area contributed by atoms with Crippen LogP contribution in [0.15, 0.2) is 72.8 Å². The van der Waals surface area contributed by atoms with Gasteiger partial charge in [0.05, 0.1) is 25.1 Å². The van der Waals surface area contributed by atoms with E-state index >= 15 is 0 Å². The Morgan fingerprint density at radius 2 is 1.76 bits per heavy atom. The van der Waals surface area contributed by atoms with E-state index in [2.05, 4.69) is 29.8 Å². The Bertz CT molecular complexity index is 1510. The molecule has 1 aliphatic rings. The Kier molecular flexibility index (Phi) is 12.2. The van der Waals surface area contributed by atoms with Crippen LogP contribution in [0.1, 0.15) is 60.2 Å². The summed E-state index contributed by atoms with van der Waals surface area (Å²) in [6.07, 6.45) is -0.106. The maximum Gasteiger partial charge on any atom is 0.255 e. The van der Waals surface area contributed by atoms with Crippen molar-refractivity contribution in [2.45, 2.75) is 58.5 Å². The molecule has 3 N–H and O–H groups in total. The Labute approximate surface area is 270 Å². The number of carbonyl (C=O) groups is 4. The highest BCUT2D eigenvalue weighted by atomic mass is 16.5. The second-order valence-electron chi connectivity index (χ2n) is 11.6. The number of ether oxygens (including phenoxy) is 2. The zero-order chi connectivity index (χ0) is 33.1. The molecule has 46 heavy (non-hydrogen) atoms. The summed E-state index contributed by atoms with van der Waals surface area (Å²) in [5.74, 6) is -0.566. The van der Waals surface area contributed by atoms with Crippen LogP contribution in [0.3, 0.4) is 0 Å². The molecule has 3 aromatic carbocycles. The smallest absolute Gasteiger partial charge is 0.255 e. The first-order chi connectivity index (χ1) is 22.2. The van der Waals surface area contributed by atoms with Crippen LogP contribution in [-0.4, -0.2) is 73.5 Å². The van der Waals surface area contributed by atoms with Gasteiger partial charge in [-0.2, -0.15) is 0 Å². The van der Waals surface area contributed by atoms with E-state index in [1.807, 2.05) is 62.4 Å². The highest BCUT2D eigenvalue weighted by Gasteiger charge is 2.30. The van der Waals surface area contributed by atoms with Crippen molar-refractivity contribution in [3.63, 3.8) is 0 Å². The number of rotatable bonds is 9. The molecule has 2 atom stereocenters. The van der Waals surface area contributed by atoms with Gasteiger partial charge in [0.1, 0.15) is 36.8 Å². The van der Waals surface area contributed by atoms with Gasteiger partial charge >= 0.3 is 0 Å². The molecule has 0 radical (unpaired) electrons. The molecule has 3 aromatic rings. The Balaban J connectivity index is 1.53. The van der Waals surface area contributed by atoms with Gasteiger partial charge in [0.2, 0.25) is 17.7 Å². The molecule has 0 bridgehead atoms. The third kappa shape index (κ3) is 9.32. The second-order valence-corrected chi connectivity index (χ2v) is 11.6. The van der Waals surface area contributed by atoms with Crippen molar-refractivity contribution in [3.8, 4) is 11.5 Å². The lowest BCUT2D eigenvalue weighted by Gasteiger charge is -2.28. The van der Waals surface area contributed by atoms with E-state index in [1.165, 1.54) is 0 Å². The summed E-state index contributed by atoms with van der Waals surface area (Å²) in [7, 11) is 0. The first-order valence-corrected chi connectivity index (χ1v) is 15.8. The van der Waals surface area contributed by atoms with Crippen LogP contribution in [0.2, 0.25) is 0 Å². The fourth-order valence-electron chi connectivity index (χ4n) is 5.33. The number of benzene rings is 3. The van der Waals surface area contributed by atoms with E-state index in [-0.39, 0.29) is 56.5 Å². The SMILES string of the molecule is CCN1CCOc2ccccc2C(=O)N[C@H](C(=O)NCCOc2cc(C)ccc2C(C)C)CC(=O)N[C@H](Cc2ccccc2)C1=O. The van der Waals surface area contributed by atoms with Crippen molar-refractivity contribution < 1.29 is 28.7 Å². The van der Waals surface area contributed by atoms with Gasteiger partial charge in [0.25, 0.3) is 5.91 Å². The number of fused-ring (bicyclic) bond motifs is 1. The van der Waals surface area contributed by atoms with Gasteiger partial charge in [0, 0.05) is 13.0 Å². The van der Waals surface area contributed by atoms with Crippen molar-refractivity contribution >= 4 is 23.6 Å². The van der Waals surface area contributed by atoms with E-state index in [0.29, 0.717) is 12.3 Å². The monoisotopic (exact) mass is 628 g/mol. The van der Waals surface area contributed by atoms with Crippen LogP contribution in [0.5, 0.6) is 11.5 Å². The fourth-order valence-corrected chi connectivity index (χ4v) is 5.33. The average Bonchev–Trinajstić information content (AvgIpc) is 3.04. The summed E-state index contributed by atoms with van der Waals surface area (Å²) in [6, 6.07) is 20.0. The molecule has 4 amide bonds. The molecule has 1 heterocycles. The standard InChI is InChI=1S/C36H44N4O6/c1-5-40-18-20-46-31-14-10-9-13-28(31)34(42)39-29(23-33(41)38-30(36(40)44)22-26-11-7-6-8-12-26)35(43)37-17-19-45-32-21-25(4)15-16-27(32)24(2)3/h6-16,21,24,29-30H,5,17-20,22-23H2,1-4H3,(H,37,43)(H,38,41)(H,39,42)/t29-,30+/m0/s1. The molecule has 244 valence electrons. The maximum absolute atomic E-state index is 13.7. The summed E-state index contributed by atoms with van der Waals surface area (Å²) >= 11 is 0. The molecule has 10 heteroatoms. The van der Waals surface area contributed by atoms with Crippen molar-refractivity contribution in [2.75, 3.05) is 32.8 Å². The van der Waals surface area contributed by atoms with Crippen molar-refractivity contribution in [3.05, 3.63) is 95.1 Å². The third-order valence-corrected chi connectivity index (χ3v) is 7.82. The van der Waals surface area contributed by atoms with E-state index < -0.39 is 29.8 Å². The molecule has 0 aliphatic carbocycles. The van der Waals surface area contributed by atoms with Crippen LogP contribution >= 0.6 is 0 Å². The summed E-state index contributed by atoms with van der Waals surface area (Å²) in [4.78, 5) is 55.6. The van der Waals surface area contributed by atoms with E-state index in [4.69, 9.17) is 9.47 Å². The topological polar surface area (TPSA) is 126 Å². The van der Waals surface area contributed by atoms with Gasteiger partial charge in [-0.15, -0.1) is 0 Å². The number of hydrogen-bond donors (Lipinski definition) is 3. The number of nitrogens with one attached hydrogen (secondary N) is 3. The number of likely N-dealkylation sites (N-methyl/N-ethyl adjacent to an activating group) is 1. The van der Waals surface area contributed by atoms with Crippen LogP contribution < -0.4 is 25.4 Å². The van der Waals surface area contributed by atoms with E-state index in [0.717, 1.165) is 22.4 Å². The maximum atomic E-state index is 13.7. The minimum absolute atomic E-state index is 0.138. The van der Waals surface area contributed by atoms with Crippen LogP contribution in [0, 0.1) is 6.92 Å². The molecule has 0 fully saturated rings. The number of nitrogens with zero attached hydrogens (tertiary/aromatic N) is 1. The third-order valence-electron chi connectivity index (χ3n) is 7.82. The van der Waals surface area contributed by atoms with Gasteiger partial charge in [0.15, 0.2) is 0 Å². The van der Waals surface area contributed by atoms with E-state index in [9.17, 15) is 19.2 Å². The van der Waals surface area contributed by atoms with Crippen LogP contribution in [0.25, 0.3) is 0 Å². The van der Waals surface area contributed by atoms with Gasteiger partial charge < -0.3 is 30.3 Å². The van der Waals surface area contributed by atoms with Crippen LogP contribution in [0.4, 0.5) is 0 Å². The number of aryl methyl sites for hydroxylation is 1. The van der Waals surface area contributed by atoms with Crippen molar-refractivity contribution in [1.82, 2.24) is 20.9 Å². The highest BCUT2D eigenvalue weighted by molar-refractivity contribution is 6.01. The van der Waals surface area contributed by atoms with Crippen LogP contribution in [-0.2, 0) is 20.8 Å². The molecule has 0 aromatic heterocycles. The quantitative estimate of drug-likeness (QED) is 0.310. The van der Waals surface area contributed by atoms with E-state index in [1.54, 1.807) is 29.2 Å². The number of hydrogen-bond acceptors (Lipinski definition) is 6. The molecule has 0 saturated carbocycles. The van der Waals surface area contributed by atoms with Crippen molar-refractivity contribution in [1.29, 1.82) is 0 Å². The van der Waals surface area contributed by atoms with Crippen molar-refractivity contribution in [2.24, 2.45) is 0 Å². The molecule has 0 saturated heterocycles. The summed E-state index contributed by atoms with van der Waals surface area (Å²) in [5.41, 5.74) is 3.22. The van der Waals surface area contributed by atoms with Gasteiger partial charge in [-0.05, 0) is 54.7 Å². The molecule has 1 aliphatic heterocycles. The Morgan fingerprint density at radius 1 is 1.02 bits per heavy atom. The first kappa shape index (κ1) is 34.0. The minimum atomic E-state index is -1.22. The predicted octanol–water partition coefficient (Wildman–Crippen LogP) is 3.77. The number of para-hydroxylation sites is 1. The summed E-state index contributed by atoms with van der Waals surface area (Å²) in [5, 5.41) is 8.35. The van der Waals surface area contributed by atoms with Gasteiger partial charge in [-0.25, -0.2) is 0 Å². The number of amides is 4. The normalized spacial score (nSPS) is 17.7.